The third-order valence-corrected chi connectivity index (χ3v) is 2.94. The average molecular weight is 337 g/mol. The number of nitrogens with one attached hydrogen (secondary N) is 1. The van der Waals surface area contributed by atoms with Crippen LogP contribution < -0.4 is 5.32 Å². The SMILES string of the molecule is CCOC(=O)Nc1c(Br)cc(C)cc1Br. The van der Waals surface area contributed by atoms with Crippen molar-refractivity contribution in [2.75, 3.05) is 11.9 Å². The number of amides is 1. The molecule has 1 aromatic rings. The first kappa shape index (κ1) is 12.5. The standard InChI is InChI=1S/C10H11Br2NO2/c1-3-15-10(14)13-9-7(11)4-6(2)5-8(9)12/h4-5H,3H2,1-2H3,(H,13,14). The number of ether oxygens (including phenoxy) is 1. The minimum Gasteiger partial charge on any atom is -0.450 e. The predicted molar refractivity (Wildman–Crippen MR) is 67.2 cm³/mol. The summed E-state index contributed by atoms with van der Waals surface area (Å²) < 4.78 is 6.44. The third-order valence-electron chi connectivity index (χ3n) is 1.69. The molecule has 1 N–H and O–H groups in total. The Kier molecular flexibility index (Phi) is 4.60. The molecule has 3 nitrogen and oxygen atoms in total. The average Bonchev–Trinajstić information content (AvgIpc) is 2.11. The fourth-order valence-corrected chi connectivity index (χ4v) is 2.70. The molecule has 1 amide bonds. The number of benzene rings is 1. The minimum atomic E-state index is -0.456. The lowest BCUT2D eigenvalue weighted by Gasteiger charge is -2.10. The number of carbonyl (C=O) groups is 1. The molecule has 0 radical (unpaired) electrons. The Hall–Kier alpha value is -0.550. The normalized spacial score (nSPS) is 9.87. The highest BCUT2D eigenvalue weighted by Gasteiger charge is 2.10. The summed E-state index contributed by atoms with van der Waals surface area (Å²) in [4.78, 5) is 11.2. The Bertz CT molecular complexity index is 357. The van der Waals surface area contributed by atoms with Gasteiger partial charge in [-0.25, -0.2) is 4.79 Å². The molecule has 0 aromatic heterocycles. The van der Waals surface area contributed by atoms with Gasteiger partial charge in [-0.2, -0.15) is 0 Å². The number of hydrogen-bond acceptors (Lipinski definition) is 2. The van der Waals surface area contributed by atoms with Crippen LogP contribution in [0.2, 0.25) is 0 Å². The quantitative estimate of drug-likeness (QED) is 0.883. The van der Waals surface area contributed by atoms with Gasteiger partial charge in [-0.1, -0.05) is 0 Å². The van der Waals surface area contributed by atoms with Crippen LogP contribution in [0.25, 0.3) is 0 Å². The largest absolute Gasteiger partial charge is 0.450 e. The fourth-order valence-electron chi connectivity index (χ4n) is 1.09. The van der Waals surface area contributed by atoms with E-state index in [-0.39, 0.29) is 0 Å². The Morgan fingerprint density at radius 1 is 1.40 bits per heavy atom. The second-order valence-electron chi connectivity index (χ2n) is 2.95. The smallest absolute Gasteiger partial charge is 0.411 e. The van der Waals surface area contributed by atoms with Crippen molar-refractivity contribution >= 4 is 43.6 Å². The first-order valence-electron chi connectivity index (χ1n) is 4.44. The van der Waals surface area contributed by atoms with E-state index in [9.17, 15) is 4.79 Å². The summed E-state index contributed by atoms with van der Waals surface area (Å²) >= 11 is 6.75. The van der Waals surface area contributed by atoms with E-state index in [1.54, 1.807) is 6.92 Å². The van der Waals surface area contributed by atoms with Crippen molar-refractivity contribution in [1.82, 2.24) is 0 Å². The maximum absolute atomic E-state index is 11.2. The molecule has 0 saturated heterocycles. The Morgan fingerprint density at radius 2 is 1.93 bits per heavy atom. The van der Waals surface area contributed by atoms with Crippen LogP contribution in [0.4, 0.5) is 10.5 Å². The number of rotatable bonds is 2. The maximum atomic E-state index is 11.2. The molecule has 0 aliphatic heterocycles. The topological polar surface area (TPSA) is 38.3 Å². The van der Waals surface area contributed by atoms with Gasteiger partial charge < -0.3 is 4.74 Å². The lowest BCUT2D eigenvalue weighted by molar-refractivity contribution is 0.168. The fraction of sp³-hybridized carbons (Fsp3) is 0.300. The summed E-state index contributed by atoms with van der Waals surface area (Å²) in [6.45, 7) is 4.09. The Balaban J connectivity index is 2.90. The molecule has 15 heavy (non-hydrogen) atoms. The van der Waals surface area contributed by atoms with E-state index in [4.69, 9.17) is 4.74 Å². The highest BCUT2D eigenvalue weighted by Crippen LogP contribution is 2.32. The van der Waals surface area contributed by atoms with Gasteiger partial charge in [-0.15, -0.1) is 0 Å². The van der Waals surface area contributed by atoms with Gasteiger partial charge in [-0.3, -0.25) is 5.32 Å². The van der Waals surface area contributed by atoms with E-state index < -0.39 is 6.09 Å². The summed E-state index contributed by atoms with van der Waals surface area (Å²) in [5, 5.41) is 2.65. The lowest BCUT2D eigenvalue weighted by atomic mass is 10.2. The second-order valence-corrected chi connectivity index (χ2v) is 4.66. The van der Waals surface area contributed by atoms with Crippen molar-refractivity contribution in [2.45, 2.75) is 13.8 Å². The van der Waals surface area contributed by atoms with Crippen molar-refractivity contribution in [2.24, 2.45) is 0 Å². The number of carbonyl (C=O) groups excluding carboxylic acids is 1. The van der Waals surface area contributed by atoms with Crippen molar-refractivity contribution in [3.8, 4) is 0 Å². The molecule has 0 fully saturated rings. The van der Waals surface area contributed by atoms with Crippen LogP contribution in [0.15, 0.2) is 21.1 Å². The van der Waals surface area contributed by atoms with E-state index in [1.807, 2.05) is 19.1 Å². The van der Waals surface area contributed by atoms with Gasteiger partial charge in [0, 0.05) is 8.95 Å². The zero-order valence-corrected chi connectivity index (χ0v) is 11.6. The van der Waals surface area contributed by atoms with Gasteiger partial charge >= 0.3 is 6.09 Å². The van der Waals surface area contributed by atoms with Crippen LogP contribution in [0.1, 0.15) is 12.5 Å². The first-order valence-corrected chi connectivity index (χ1v) is 6.02. The van der Waals surface area contributed by atoms with E-state index in [0.29, 0.717) is 12.3 Å². The molecule has 0 aliphatic rings. The number of halogens is 2. The molecule has 1 aromatic carbocycles. The van der Waals surface area contributed by atoms with Crippen LogP contribution >= 0.6 is 31.9 Å². The molecule has 0 unspecified atom stereocenters. The molecule has 0 saturated carbocycles. The molecule has 5 heteroatoms. The van der Waals surface area contributed by atoms with Crippen LogP contribution in [0.3, 0.4) is 0 Å². The molecule has 0 spiro atoms. The zero-order valence-electron chi connectivity index (χ0n) is 8.43. The van der Waals surface area contributed by atoms with E-state index >= 15 is 0 Å². The van der Waals surface area contributed by atoms with Crippen molar-refractivity contribution in [1.29, 1.82) is 0 Å². The molecule has 1 rings (SSSR count). The highest BCUT2D eigenvalue weighted by atomic mass is 79.9. The van der Waals surface area contributed by atoms with Gasteiger partial charge in [0.15, 0.2) is 0 Å². The van der Waals surface area contributed by atoms with Gasteiger partial charge in [0.2, 0.25) is 0 Å². The Labute approximate surface area is 105 Å². The number of anilines is 1. The molecular weight excluding hydrogens is 326 g/mol. The van der Waals surface area contributed by atoms with E-state index in [2.05, 4.69) is 37.2 Å². The summed E-state index contributed by atoms with van der Waals surface area (Å²) in [5.41, 5.74) is 1.78. The monoisotopic (exact) mass is 335 g/mol. The summed E-state index contributed by atoms with van der Waals surface area (Å²) in [5.74, 6) is 0. The van der Waals surface area contributed by atoms with E-state index in [1.165, 1.54) is 0 Å². The molecule has 0 heterocycles. The first-order chi connectivity index (χ1) is 7.04. The Morgan fingerprint density at radius 3 is 2.40 bits per heavy atom. The summed E-state index contributed by atoms with van der Waals surface area (Å²) in [7, 11) is 0. The van der Waals surface area contributed by atoms with Crippen molar-refractivity contribution < 1.29 is 9.53 Å². The van der Waals surface area contributed by atoms with Gasteiger partial charge in [0.25, 0.3) is 0 Å². The van der Waals surface area contributed by atoms with Crippen LogP contribution in [0.5, 0.6) is 0 Å². The summed E-state index contributed by atoms with van der Waals surface area (Å²) in [6.07, 6.45) is -0.456. The van der Waals surface area contributed by atoms with Crippen molar-refractivity contribution in [3.05, 3.63) is 26.6 Å². The van der Waals surface area contributed by atoms with Crippen LogP contribution in [-0.4, -0.2) is 12.7 Å². The minimum absolute atomic E-state index is 0.354. The zero-order chi connectivity index (χ0) is 11.4. The van der Waals surface area contributed by atoms with Crippen molar-refractivity contribution in [3.63, 3.8) is 0 Å². The lowest BCUT2D eigenvalue weighted by Crippen LogP contribution is -2.14. The van der Waals surface area contributed by atoms with Gasteiger partial charge in [0.05, 0.1) is 12.3 Å². The number of aryl methyl sites for hydroxylation is 1. The molecule has 0 aliphatic carbocycles. The third kappa shape index (κ3) is 3.50. The molecular formula is C10H11Br2NO2. The second kappa shape index (κ2) is 5.51. The maximum Gasteiger partial charge on any atom is 0.411 e. The molecule has 82 valence electrons. The van der Waals surface area contributed by atoms with Crippen LogP contribution in [-0.2, 0) is 4.74 Å². The van der Waals surface area contributed by atoms with E-state index in [0.717, 1.165) is 14.5 Å². The predicted octanol–water partition coefficient (Wildman–Crippen LogP) is 4.09. The van der Waals surface area contributed by atoms with Gasteiger partial charge in [0.1, 0.15) is 0 Å². The molecule has 0 bridgehead atoms. The summed E-state index contributed by atoms with van der Waals surface area (Å²) in [6, 6.07) is 3.85. The highest BCUT2D eigenvalue weighted by molar-refractivity contribution is 9.11. The molecule has 0 atom stereocenters. The van der Waals surface area contributed by atoms with Gasteiger partial charge in [-0.05, 0) is 63.4 Å². The number of hydrogen-bond donors (Lipinski definition) is 1. The van der Waals surface area contributed by atoms with Crippen LogP contribution in [0, 0.1) is 6.92 Å².